The zero-order valence-corrected chi connectivity index (χ0v) is 11.6. The van der Waals surface area contributed by atoms with Crippen molar-refractivity contribution in [1.82, 2.24) is 0 Å². The first-order valence-electron chi connectivity index (χ1n) is 6.60. The van der Waals surface area contributed by atoms with E-state index in [1.807, 2.05) is 13.8 Å². The number of carbonyl (C=O) groups excluding carboxylic acids is 1. The van der Waals surface area contributed by atoms with Gasteiger partial charge in [-0.25, -0.2) is 0 Å². The van der Waals surface area contributed by atoms with E-state index in [4.69, 9.17) is 0 Å². The number of Topliss-reactive ketones (excluding diaryl/α,β-unsaturated/α-hetero) is 1. The summed E-state index contributed by atoms with van der Waals surface area (Å²) in [5.74, 6) is 0.436. The SMILES string of the molecule is CCC(=O)C(C)(c1ccc(O)cc1)c1ccc(O)cc1. The van der Waals surface area contributed by atoms with E-state index < -0.39 is 5.41 Å². The van der Waals surface area contributed by atoms with Crippen molar-refractivity contribution in [3.05, 3.63) is 59.7 Å². The van der Waals surface area contributed by atoms with Gasteiger partial charge >= 0.3 is 0 Å². The van der Waals surface area contributed by atoms with Crippen molar-refractivity contribution in [2.24, 2.45) is 0 Å². The summed E-state index contributed by atoms with van der Waals surface area (Å²) in [5, 5.41) is 18.8. The Labute approximate surface area is 118 Å². The molecule has 0 atom stereocenters. The zero-order chi connectivity index (χ0) is 14.8. The highest BCUT2D eigenvalue weighted by Gasteiger charge is 2.35. The van der Waals surface area contributed by atoms with E-state index in [0.717, 1.165) is 11.1 Å². The highest BCUT2D eigenvalue weighted by atomic mass is 16.3. The van der Waals surface area contributed by atoms with Gasteiger partial charge in [0.1, 0.15) is 17.3 Å². The minimum atomic E-state index is -0.782. The fourth-order valence-electron chi connectivity index (χ4n) is 2.43. The third kappa shape index (κ3) is 2.39. The lowest BCUT2D eigenvalue weighted by atomic mass is 9.72. The summed E-state index contributed by atoms with van der Waals surface area (Å²) in [7, 11) is 0. The molecule has 0 radical (unpaired) electrons. The predicted octanol–water partition coefficient (Wildman–Crippen LogP) is 3.38. The Bertz CT molecular complexity index is 552. The van der Waals surface area contributed by atoms with Gasteiger partial charge in [-0.05, 0) is 42.3 Å². The largest absolute Gasteiger partial charge is 0.508 e. The van der Waals surface area contributed by atoms with Crippen molar-refractivity contribution in [1.29, 1.82) is 0 Å². The Hall–Kier alpha value is -2.29. The van der Waals surface area contributed by atoms with Gasteiger partial charge in [0.2, 0.25) is 0 Å². The standard InChI is InChI=1S/C17H18O3/c1-3-16(20)17(2,12-4-8-14(18)9-5-12)13-6-10-15(19)11-7-13/h4-11,18-19H,3H2,1-2H3. The van der Waals surface area contributed by atoms with E-state index in [9.17, 15) is 15.0 Å². The van der Waals surface area contributed by atoms with Crippen LogP contribution in [0.5, 0.6) is 11.5 Å². The van der Waals surface area contributed by atoms with E-state index in [1.54, 1.807) is 48.5 Å². The van der Waals surface area contributed by atoms with Crippen LogP contribution in [-0.4, -0.2) is 16.0 Å². The van der Waals surface area contributed by atoms with E-state index >= 15 is 0 Å². The summed E-state index contributed by atoms with van der Waals surface area (Å²) in [4.78, 5) is 12.5. The van der Waals surface area contributed by atoms with Crippen molar-refractivity contribution in [3.63, 3.8) is 0 Å². The minimum Gasteiger partial charge on any atom is -0.508 e. The Balaban J connectivity index is 2.58. The molecule has 0 saturated heterocycles. The van der Waals surface area contributed by atoms with Gasteiger partial charge in [0.05, 0.1) is 5.41 Å². The number of rotatable bonds is 4. The molecule has 0 unspecified atom stereocenters. The molecule has 2 N–H and O–H groups in total. The quantitative estimate of drug-likeness (QED) is 0.895. The fraction of sp³-hybridized carbons (Fsp3) is 0.235. The van der Waals surface area contributed by atoms with Gasteiger partial charge in [0, 0.05) is 6.42 Å². The van der Waals surface area contributed by atoms with Gasteiger partial charge in [-0.1, -0.05) is 31.2 Å². The second-order valence-electron chi connectivity index (χ2n) is 5.00. The number of benzene rings is 2. The summed E-state index contributed by atoms with van der Waals surface area (Å²) in [6.45, 7) is 3.71. The molecule has 2 rings (SSSR count). The molecule has 3 heteroatoms. The van der Waals surface area contributed by atoms with E-state index in [1.165, 1.54) is 0 Å². The number of ketones is 1. The van der Waals surface area contributed by atoms with Crippen LogP contribution in [0, 0.1) is 0 Å². The second-order valence-corrected chi connectivity index (χ2v) is 5.00. The van der Waals surface area contributed by atoms with Crippen LogP contribution >= 0.6 is 0 Å². The number of aromatic hydroxyl groups is 2. The molecule has 0 bridgehead atoms. The second kappa shape index (κ2) is 5.37. The van der Waals surface area contributed by atoms with Crippen molar-refractivity contribution < 1.29 is 15.0 Å². The van der Waals surface area contributed by atoms with Gasteiger partial charge in [-0.15, -0.1) is 0 Å². The third-order valence-electron chi connectivity index (χ3n) is 3.77. The molecule has 104 valence electrons. The average molecular weight is 270 g/mol. The molecule has 2 aromatic rings. The lowest BCUT2D eigenvalue weighted by Crippen LogP contribution is -2.33. The molecule has 0 saturated carbocycles. The summed E-state index contributed by atoms with van der Waals surface area (Å²) in [6.07, 6.45) is 0.415. The maximum absolute atomic E-state index is 12.5. The molecule has 3 nitrogen and oxygen atoms in total. The summed E-state index contributed by atoms with van der Waals surface area (Å²) < 4.78 is 0. The molecule has 0 spiro atoms. The molecule has 0 aromatic heterocycles. The first-order valence-corrected chi connectivity index (χ1v) is 6.60. The van der Waals surface area contributed by atoms with Crippen molar-refractivity contribution in [3.8, 4) is 11.5 Å². The summed E-state index contributed by atoms with van der Waals surface area (Å²) in [6, 6.07) is 13.4. The lowest BCUT2D eigenvalue weighted by Gasteiger charge is -2.29. The molecular weight excluding hydrogens is 252 g/mol. The van der Waals surface area contributed by atoms with Gasteiger partial charge in [0.15, 0.2) is 0 Å². The highest BCUT2D eigenvalue weighted by molar-refractivity contribution is 5.93. The smallest absolute Gasteiger partial charge is 0.147 e. The number of hydrogen-bond acceptors (Lipinski definition) is 3. The third-order valence-corrected chi connectivity index (χ3v) is 3.77. The van der Waals surface area contributed by atoms with Crippen molar-refractivity contribution in [2.45, 2.75) is 25.7 Å². The average Bonchev–Trinajstić information content (AvgIpc) is 2.47. The van der Waals surface area contributed by atoms with Crippen LogP contribution in [0.1, 0.15) is 31.4 Å². The Kier molecular flexibility index (Phi) is 3.79. The van der Waals surface area contributed by atoms with E-state index in [2.05, 4.69) is 0 Å². The van der Waals surface area contributed by atoms with Gasteiger partial charge in [-0.2, -0.15) is 0 Å². The zero-order valence-electron chi connectivity index (χ0n) is 11.6. The van der Waals surface area contributed by atoms with Crippen LogP contribution in [0.2, 0.25) is 0 Å². The van der Waals surface area contributed by atoms with Crippen LogP contribution in [0.4, 0.5) is 0 Å². The molecule has 0 aliphatic rings. The van der Waals surface area contributed by atoms with E-state index in [0.29, 0.717) is 6.42 Å². The van der Waals surface area contributed by atoms with Gasteiger partial charge < -0.3 is 10.2 Å². The topological polar surface area (TPSA) is 57.5 Å². The molecule has 0 amide bonds. The van der Waals surface area contributed by atoms with Crippen LogP contribution < -0.4 is 0 Å². The fourth-order valence-corrected chi connectivity index (χ4v) is 2.43. The number of hydrogen-bond donors (Lipinski definition) is 2. The van der Waals surface area contributed by atoms with E-state index in [-0.39, 0.29) is 17.3 Å². The van der Waals surface area contributed by atoms with Crippen molar-refractivity contribution >= 4 is 5.78 Å². The first-order chi connectivity index (χ1) is 9.48. The maximum atomic E-state index is 12.5. The Morgan fingerprint density at radius 2 is 1.25 bits per heavy atom. The lowest BCUT2D eigenvalue weighted by molar-refractivity contribution is -0.122. The van der Waals surface area contributed by atoms with Crippen LogP contribution in [0.25, 0.3) is 0 Å². The predicted molar refractivity (Wildman–Crippen MR) is 78.0 cm³/mol. The summed E-state index contributed by atoms with van der Waals surface area (Å²) >= 11 is 0. The molecule has 0 fully saturated rings. The summed E-state index contributed by atoms with van der Waals surface area (Å²) in [5.41, 5.74) is 0.872. The molecule has 0 aliphatic heterocycles. The van der Waals surface area contributed by atoms with Crippen LogP contribution in [-0.2, 0) is 10.2 Å². The normalized spacial score (nSPS) is 11.3. The minimum absolute atomic E-state index is 0.0916. The molecule has 0 aliphatic carbocycles. The van der Waals surface area contributed by atoms with Crippen LogP contribution in [0.15, 0.2) is 48.5 Å². The molecule has 0 heterocycles. The van der Waals surface area contributed by atoms with Crippen molar-refractivity contribution in [2.75, 3.05) is 0 Å². The number of phenolic OH excluding ortho intramolecular Hbond substituents is 2. The molecular formula is C17H18O3. The monoisotopic (exact) mass is 270 g/mol. The number of carbonyl (C=O) groups is 1. The van der Waals surface area contributed by atoms with Crippen LogP contribution in [0.3, 0.4) is 0 Å². The van der Waals surface area contributed by atoms with Gasteiger partial charge in [-0.3, -0.25) is 4.79 Å². The highest BCUT2D eigenvalue weighted by Crippen LogP contribution is 2.35. The Morgan fingerprint density at radius 1 is 0.900 bits per heavy atom. The maximum Gasteiger partial charge on any atom is 0.147 e. The molecule has 2 aromatic carbocycles. The Morgan fingerprint density at radius 3 is 1.55 bits per heavy atom. The number of phenols is 2. The van der Waals surface area contributed by atoms with Gasteiger partial charge in [0.25, 0.3) is 0 Å². The first kappa shape index (κ1) is 14.1. The molecule has 20 heavy (non-hydrogen) atoms.